The lowest BCUT2D eigenvalue weighted by atomic mass is 9.87. The van der Waals surface area contributed by atoms with Crippen LogP contribution in [0.1, 0.15) is 33.3 Å². The van der Waals surface area contributed by atoms with Gasteiger partial charge in [0.25, 0.3) is 0 Å². The van der Waals surface area contributed by atoms with E-state index < -0.39 is 0 Å². The van der Waals surface area contributed by atoms with Crippen LogP contribution in [-0.2, 0) is 5.41 Å². The fourth-order valence-corrected chi connectivity index (χ4v) is 3.34. The first-order valence-corrected chi connectivity index (χ1v) is 10.0. The maximum Gasteiger partial charge on any atom is 0.321 e. The third-order valence-electron chi connectivity index (χ3n) is 5.08. The molecule has 2 amide bonds. The molecule has 1 saturated heterocycles. The summed E-state index contributed by atoms with van der Waals surface area (Å²) in [7, 11) is 0. The maximum absolute atomic E-state index is 12.6. The topological polar surface area (TPSA) is 44.8 Å². The summed E-state index contributed by atoms with van der Waals surface area (Å²) in [5.74, 6) is 0.891. The Kier molecular flexibility index (Phi) is 6.12. The number of ether oxygens (including phenoxy) is 1. The highest BCUT2D eigenvalue weighted by atomic mass is 16.5. The number of hydrogen-bond acceptors (Lipinski definition) is 3. The first kappa shape index (κ1) is 20.1. The van der Waals surface area contributed by atoms with Crippen molar-refractivity contribution in [2.24, 2.45) is 0 Å². The minimum Gasteiger partial charge on any atom is -0.494 e. The Morgan fingerprint density at radius 3 is 2.11 bits per heavy atom. The number of nitrogens with zero attached hydrogens (tertiary/aromatic N) is 2. The molecule has 5 nitrogen and oxygen atoms in total. The zero-order valence-corrected chi connectivity index (χ0v) is 17.4. The molecule has 0 saturated carbocycles. The zero-order valence-electron chi connectivity index (χ0n) is 17.4. The van der Waals surface area contributed by atoms with Crippen molar-refractivity contribution < 1.29 is 9.53 Å². The Labute approximate surface area is 168 Å². The van der Waals surface area contributed by atoms with E-state index in [1.54, 1.807) is 0 Å². The van der Waals surface area contributed by atoms with Gasteiger partial charge in [-0.05, 0) is 54.3 Å². The van der Waals surface area contributed by atoms with E-state index in [2.05, 4.69) is 55.3 Å². The van der Waals surface area contributed by atoms with Crippen LogP contribution in [0.2, 0.25) is 0 Å². The lowest BCUT2D eigenvalue weighted by Gasteiger charge is -2.36. The second kappa shape index (κ2) is 8.55. The quantitative estimate of drug-likeness (QED) is 0.832. The van der Waals surface area contributed by atoms with Crippen molar-refractivity contribution in [1.82, 2.24) is 4.90 Å². The molecule has 0 bridgehead atoms. The first-order chi connectivity index (χ1) is 13.4. The average Bonchev–Trinajstić information content (AvgIpc) is 2.69. The third kappa shape index (κ3) is 4.97. The standard InChI is InChI=1S/C23H31N3O2/c1-5-28-21-12-10-20(11-13-21)25-14-16-26(17-15-25)22(27)24-19-8-6-18(7-9-19)23(2,3)4/h6-13H,5,14-17H2,1-4H3,(H,24,27). The fourth-order valence-electron chi connectivity index (χ4n) is 3.34. The molecule has 0 unspecified atom stereocenters. The van der Waals surface area contributed by atoms with Gasteiger partial charge < -0.3 is 19.9 Å². The monoisotopic (exact) mass is 381 g/mol. The van der Waals surface area contributed by atoms with Crippen molar-refractivity contribution in [3.05, 3.63) is 54.1 Å². The summed E-state index contributed by atoms with van der Waals surface area (Å²) in [6, 6.07) is 16.3. The molecule has 1 heterocycles. The Morgan fingerprint density at radius 1 is 0.964 bits per heavy atom. The Morgan fingerprint density at radius 2 is 1.57 bits per heavy atom. The van der Waals surface area contributed by atoms with Crippen LogP contribution in [-0.4, -0.2) is 43.7 Å². The summed E-state index contributed by atoms with van der Waals surface area (Å²) < 4.78 is 5.50. The number of amides is 2. The summed E-state index contributed by atoms with van der Waals surface area (Å²) >= 11 is 0. The zero-order chi connectivity index (χ0) is 20.1. The van der Waals surface area contributed by atoms with Crippen LogP contribution >= 0.6 is 0 Å². The van der Waals surface area contributed by atoms with Gasteiger partial charge in [0.15, 0.2) is 0 Å². The predicted octanol–water partition coefficient (Wildman–Crippen LogP) is 4.74. The lowest BCUT2D eigenvalue weighted by molar-refractivity contribution is 0.208. The molecule has 1 fully saturated rings. The van der Waals surface area contributed by atoms with Crippen LogP contribution in [0.3, 0.4) is 0 Å². The minimum atomic E-state index is -0.0325. The van der Waals surface area contributed by atoms with Crippen LogP contribution in [0.4, 0.5) is 16.2 Å². The molecule has 28 heavy (non-hydrogen) atoms. The summed E-state index contributed by atoms with van der Waals surface area (Å²) in [4.78, 5) is 16.8. The van der Waals surface area contributed by atoms with Crippen molar-refractivity contribution in [3.63, 3.8) is 0 Å². The van der Waals surface area contributed by atoms with Gasteiger partial charge in [-0.15, -0.1) is 0 Å². The molecule has 0 aromatic heterocycles. The second-order valence-electron chi connectivity index (χ2n) is 8.16. The highest BCUT2D eigenvalue weighted by Crippen LogP contribution is 2.24. The van der Waals surface area contributed by atoms with Crippen molar-refractivity contribution in [2.75, 3.05) is 43.0 Å². The number of rotatable bonds is 4. The molecule has 2 aromatic carbocycles. The predicted molar refractivity (Wildman–Crippen MR) is 116 cm³/mol. The molecule has 1 aliphatic rings. The van der Waals surface area contributed by atoms with Gasteiger partial charge >= 0.3 is 6.03 Å². The number of piperazine rings is 1. The average molecular weight is 382 g/mol. The summed E-state index contributed by atoms with van der Waals surface area (Å²) in [5.41, 5.74) is 3.38. The number of carbonyl (C=O) groups is 1. The number of carbonyl (C=O) groups excluding carboxylic acids is 1. The number of anilines is 2. The van der Waals surface area contributed by atoms with Crippen LogP contribution in [0, 0.1) is 0 Å². The molecule has 1 aliphatic heterocycles. The van der Waals surface area contributed by atoms with Crippen molar-refractivity contribution in [3.8, 4) is 5.75 Å². The van der Waals surface area contributed by atoms with Crippen molar-refractivity contribution in [1.29, 1.82) is 0 Å². The molecular formula is C23H31N3O2. The second-order valence-corrected chi connectivity index (χ2v) is 8.16. The minimum absolute atomic E-state index is 0.0325. The van der Waals surface area contributed by atoms with E-state index >= 15 is 0 Å². The SMILES string of the molecule is CCOc1ccc(N2CCN(C(=O)Nc3ccc(C(C)(C)C)cc3)CC2)cc1. The van der Waals surface area contributed by atoms with Gasteiger partial charge in [-0.1, -0.05) is 32.9 Å². The molecule has 5 heteroatoms. The van der Waals surface area contributed by atoms with E-state index in [4.69, 9.17) is 4.74 Å². The van der Waals surface area contributed by atoms with Crippen molar-refractivity contribution >= 4 is 17.4 Å². The molecule has 2 aromatic rings. The van der Waals surface area contributed by atoms with Gasteiger partial charge in [-0.3, -0.25) is 0 Å². The van der Waals surface area contributed by atoms with E-state index in [1.165, 1.54) is 11.3 Å². The van der Waals surface area contributed by atoms with Gasteiger partial charge in [0.2, 0.25) is 0 Å². The maximum atomic E-state index is 12.6. The number of benzene rings is 2. The molecule has 0 atom stereocenters. The van der Waals surface area contributed by atoms with Crippen LogP contribution in [0.25, 0.3) is 0 Å². The molecule has 0 spiro atoms. The Bertz CT molecular complexity index is 771. The lowest BCUT2D eigenvalue weighted by Crippen LogP contribution is -2.50. The molecule has 3 rings (SSSR count). The van der Waals surface area contributed by atoms with Crippen molar-refractivity contribution in [2.45, 2.75) is 33.1 Å². The molecule has 1 N–H and O–H groups in total. The van der Waals surface area contributed by atoms with E-state index in [-0.39, 0.29) is 11.4 Å². The summed E-state index contributed by atoms with van der Waals surface area (Å²) in [6.45, 7) is 12.3. The van der Waals surface area contributed by atoms with E-state index in [1.807, 2.05) is 36.1 Å². The third-order valence-corrected chi connectivity index (χ3v) is 5.08. The van der Waals surface area contributed by atoms with Gasteiger partial charge in [0.05, 0.1) is 6.61 Å². The van der Waals surface area contributed by atoms with E-state index in [0.717, 1.165) is 24.5 Å². The first-order valence-electron chi connectivity index (χ1n) is 10.0. The van der Waals surface area contributed by atoms with Gasteiger partial charge in [-0.25, -0.2) is 4.79 Å². The number of hydrogen-bond donors (Lipinski definition) is 1. The normalized spacial score (nSPS) is 14.7. The fraction of sp³-hybridized carbons (Fsp3) is 0.435. The van der Waals surface area contributed by atoms with E-state index in [0.29, 0.717) is 19.7 Å². The summed E-state index contributed by atoms with van der Waals surface area (Å²) in [5, 5.41) is 3.02. The Balaban J connectivity index is 1.52. The Hall–Kier alpha value is -2.69. The summed E-state index contributed by atoms with van der Waals surface area (Å²) in [6.07, 6.45) is 0. The largest absolute Gasteiger partial charge is 0.494 e. The van der Waals surface area contributed by atoms with Gasteiger partial charge in [0.1, 0.15) is 5.75 Å². The molecule has 150 valence electrons. The molecule has 0 aliphatic carbocycles. The van der Waals surface area contributed by atoms with Crippen LogP contribution in [0.15, 0.2) is 48.5 Å². The highest BCUT2D eigenvalue weighted by molar-refractivity contribution is 5.89. The smallest absolute Gasteiger partial charge is 0.321 e. The van der Waals surface area contributed by atoms with Gasteiger partial charge in [0, 0.05) is 37.6 Å². The molecule has 0 radical (unpaired) electrons. The molecular weight excluding hydrogens is 350 g/mol. The van der Waals surface area contributed by atoms with E-state index in [9.17, 15) is 4.79 Å². The van der Waals surface area contributed by atoms with Crippen LogP contribution < -0.4 is 15.0 Å². The number of urea groups is 1. The van der Waals surface area contributed by atoms with Crippen LogP contribution in [0.5, 0.6) is 5.75 Å². The highest BCUT2D eigenvalue weighted by Gasteiger charge is 2.21. The number of nitrogens with one attached hydrogen (secondary N) is 1. The van der Waals surface area contributed by atoms with Gasteiger partial charge in [-0.2, -0.15) is 0 Å².